The normalized spacial score (nSPS) is 13.8. The van der Waals surface area contributed by atoms with E-state index < -0.39 is 0 Å². The van der Waals surface area contributed by atoms with E-state index >= 15 is 0 Å². The Kier molecular flexibility index (Phi) is 3.39. The lowest BCUT2D eigenvalue weighted by atomic mass is 10.0. The number of esters is 1. The molecule has 0 spiro atoms. The van der Waals surface area contributed by atoms with Gasteiger partial charge >= 0.3 is 5.97 Å². The smallest absolute Gasteiger partial charge is 0.337 e. The van der Waals surface area contributed by atoms with Crippen molar-refractivity contribution in [3.63, 3.8) is 0 Å². The fourth-order valence-corrected chi connectivity index (χ4v) is 3.30. The van der Waals surface area contributed by atoms with E-state index in [2.05, 4.69) is 40.2 Å². The number of carbonyl (C=O) groups excluding carboxylic acids is 1. The zero-order chi connectivity index (χ0) is 15.8. The Morgan fingerprint density at radius 1 is 1.17 bits per heavy atom. The number of ether oxygens (including phenoxy) is 1. The van der Waals surface area contributed by atoms with E-state index in [9.17, 15) is 4.79 Å². The van der Waals surface area contributed by atoms with Gasteiger partial charge in [-0.25, -0.2) is 4.79 Å². The van der Waals surface area contributed by atoms with E-state index in [1.54, 1.807) is 0 Å². The number of hydrogen-bond acceptors (Lipinski definition) is 3. The lowest BCUT2D eigenvalue weighted by Gasteiger charge is -2.18. The summed E-state index contributed by atoms with van der Waals surface area (Å²) in [5.74, 6) is -0.299. The minimum atomic E-state index is -0.299. The molecular formula is C19H18N2O2. The quantitative estimate of drug-likeness (QED) is 0.702. The van der Waals surface area contributed by atoms with Crippen LogP contribution < -0.4 is 5.32 Å². The molecule has 2 heterocycles. The van der Waals surface area contributed by atoms with Crippen molar-refractivity contribution in [2.75, 3.05) is 13.7 Å². The van der Waals surface area contributed by atoms with Crippen LogP contribution in [-0.4, -0.2) is 24.2 Å². The number of nitrogens with one attached hydrogen (secondary N) is 1. The molecular weight excluding hydrogens is 288 g/mol. The van der Waals surface area contributed by atoms with Crippen molar-refractivity contribution in [1.29, 1.82) is 0 Å². The predicted molar refractivity (Wildman–Crippen MR) is 90.4 cm³/mol. The molecule has 0 bridgehead atoms. The van der Waals surface area contributed by atoms with Gasteiger partial charge in [-0.05, 0) is 23.8 Å². The molecule has 0 amide bonds. The molecule has 116 valence electrons. The summed E-state index contributed by atoms with van der Waals surface area (Å²) >= 11 is 0. The Bertz CT molecular complexity index is 896. The van der Waals surface area contributed by atoms with Gasteiger partial charge in [0.05, 0.1) is 12.7 Å². The van der Waals surface area contributed by atoms with Crippen LogP contribution >= 0.6 is 0 Å². The third-order valence-corrected chi connectivity index (χ3v) is 4.45. The van der Waals surface area contributed by atoms with Gasteiger partial charge in [-0.2, -0.15) is 0 Å². The molecule has 0 saturated carbocycles. The number of fused-ring (bicyclic) bond motifs is 5. The SMILES string of the molecule is COC(=O)c1ccc2cc3n(c2c1)CCNCc1ccccc1-3. The standard InChI is InChI=1S/C19H18N2O2/c1-23-19(22)14-7-6-13-10-18-16-5-3-2-4-15(16)12-20-8-9-21(18)17(13)11-14/h2-7,10-11,20H,8-9,12H2,1H3. The number of aromatic nitrogens is 1. The molecule has 0 saturated heterocycles. The molecule has 0 radical (unpaired) electrons. The highest BCUT2D eigenvalue weighted by Crippen LogP contribution is 2.32. The van der Waals surface area contributed by atoms with Gasteiger partial charge in [0.1, 0.15) is 0 Å². The molecule has 1 aromatic heterocycles. The maximum Gasteiger partial charge on any atom is 0.337 e. The molecule has 0 atom stereocenters. The summed E-state index contributed by atoms with van der Waals surface area (Å²) in [5.41, 5.74) is 5.41. The maximum absolute atomic E-state index is 11.8. The number of benzene rings is 2. The molecule has 1 N–H and O–H groups in total. The van der Waals surface area contributed by atoms with E-state index in [1.807, 2.05) is 18.2 Å². The lowest BCUT2D eigenvalue weighted by Crippen LogP contribution is -2.22. The zero-order valence-corrected chi connectivity index (χ0v) is 13.0. The summed E-state index contributed by atoms with van der Waals surface area (Å²) in [4.78, 5) is 11.8. The molecule has 4 rings (SSSR count). The summed E-state index contributed by atoms with van der Waals surface area (Å²) in [6.07, 6.45) is 0. The summed E-state index contributed by atoms with van der Waals surface area (Å²) in [7, 11) is 1.41. The van der Waals surface area contributed by atoms with Crippen LogP contribution in [0.2, 0.25) is 0 Å². The minimum absolute atomic E-state index is 0.299. The maximum atomic E-state index is 11.8. The van der Waals surface area contributed by atoms with Crippen LogP contribution in [0.5, 0.6) is 0 Å². The van der Waals surface area contributed by atoms with Crippen molar-refractivity contribution in [1.82, 2.24) is 9.88 Å². The van der Waals surface area contributed by atoms with Crippen molar-refractivity contribution in [3.8, 4) is 11.3 Å². The second-order valence-corrected chi connectivity index (χ2v) is 5.78. The van der Waals surface area contributed by atoms with Crippen molar-refractivity contribution in [3.05, 3.63) is 59.7 Å². The summed E-state index contributed by atoms with van der Waals surface area (Å²) in [5, 5.41) is 4.62. The number of methoxy groups -OCH3 is 1. The van der Waals surface area contributed by atoms with Crippen molar-refractivity contribution in [2.24, 2.45) is 0 Å². The zero-order valence-electron chi connectivity index (χ0n) is 13.0. The molecule has 23 heavy (non-hydrogen) atoms. The van der Waals surface area contributed by atoms with E-state index in [0.29, 0.717) is 5.56 Å². The van der Waals surface area contributed by atoms with Crippen molar-refractivity contribution in [2.45, 2.75) is 13.1 Å². The van der Waals surface area contributed by atoms with Gasteiger partial charge in [0, 0.05) is 41.8 Å². The number of rotatable bonds is 1. The van der Waals surface area contributed by atoms with Gasteiger partial charge in [-0.1, -0.05) is 30.3 Å². The first-order valence-electron chi connectivity index (χ1n) is 7.78. The summed E-state index contributed by atoms with van der Waals surface area (Å²) < 4.78 is 7.13. The van der Waals surface area contributed by atoms with Crippen LogP contribution in [0.3, 0.4) is 0 Å². The van der Waals surface area contributed by atoms with Gasteiger partial charge in [-0.3, -0.25) is 0 Å². The Hall–Kier alpha value is -2.59. The molecule has 3 aromatic rings. The van der Waals surface area contributed by atoms with Gasteiger partial charge in [0.15, 0.2) is 0 Å². The van der Waals surface area contributed by atoms with Crippen LogP contribution in [0.25, 0.3) is 22.2 Å². The molecule has 2 aromatic carbocycles. The fraction of sp³-hybridized carbons (Fsp3) is 0.211. The van der Waals surface area contributed by atoms with E-state index in [4.69, 9.17) is 4.74 Å². The second kappa shape index (κ2) is 5.56. The molecule has 0 unspecified atom stereocenters. The van der Waals surface area contributed by atoms with Crippen LogP contribution in [0.4, 0.5) is 0 Å². The first-order chi connectivity index (χ1) is 11.3. The van der Waals surface area contributed by atoms with E-state index in [-0.39, 0.29) is 5.97 Å². The van der Waals surface area contributed by atoms with Crippen LogP contribution in [0.1, 0.15) is 15.9 Å². The van der Waals surface area contributed by atoms with Gasteiger partial charge in [0.2, 0.25) is 0 Å². The Morgan fingerprint density at radius 2 is 2.04 bits per heavy atom. The third-order valence-electron chi connectivity index (χ3n) is 4.45. The van der Waals surface area contributed by atoms with Crippen LogP contribution in [-0.2, 0) is 17.8 Å². The van der Waals surface area contributed by atoms with Gasteiger partial charge in [-0.15, -0.1) is 0 Å². The van der Waals surface area contributed by atoms with Crippen LogP contribution in [0.15, 0.2) is 48.5 Å². The molecule has 1 aliphatic heterocycles. The number of carbonyl (C=O) groups is 1. The monoisotopic (exact) mass is 306 g/mol. The number of hydrogen-bond donors (Lipinski definition) is 1. The average molecular weight is 306 g/mol. The fourth-order valence-electron chi connectivity index (χ4n) is 3.30. The topological polar surface area (TPSA) is 43.3 Å². The van der Waals surface area contributed by atoms with E-state index in [1.165, 1.54) is 23.9 Å². The summed E-state index contributed by atoms with van der Waals surface area (Å²) in [6, 6.07) is 16.4. The molecule has 4 nitrogen and oxygen atoms in total. The highest BCUT2D eigenvalue weighted by molar-refractivity contribution is 5.96. The predicted octanol–water partition coefficient (Wildman–Crippen LogP) is 3.20. The second-order valence-electron chi connectivity index (χ2n) is 5.78. The van der Waals surface area contributed by atoms with Gasteiger partial charge < -0.3 is 14.6 Å². The first-order valence-corrected chi connectivity index (χ1v) is 7.78. The molecule has 0 fully saturated rings. The lowest BCUT2D eigenvalue weighted by molar-refractivity contribution is 0.0601. The van der Waals surface area contributed by atoms with Crippen LogP contribution in [0, 0.1) is 0 Å². The third kappa shape index (κ3) is 2.32. The molecule has 0 aliphatic carbocycles. The molecule has 1 aliphatic rings. The Labute approximate surface area is 134 Å². The van der Waals surface area contributed by atoms with Crippen molar-refractivity contribution >= 4 is 16.9 Å². The highest BCUT2D eigenvalue weighted by atomic mass is 16.5. The number of nitrogens with zero attached hydrogens (tertiary/aromatic N) is 1. The average Bonchev–Trinajstić information content (AvgIpc) is 2.93. The highest BCUT2D eigenvalue weighted by Gasteiger charge is 2.17. The largest absolute Gasteiger partial charge is 0.465 e. The van der Waals surface area contributed by atoms with E-state index in [0.717, 1.165) is 30.5 Å². The van der Waals surface area contributed by atoms with Gasteiger partial charge in [0.25, 0.3) is 0 Å². The molecule has 4 heteroatoms. The Balaban J connectivity index is 1.96. The first kappa shape index (κ1) is 14.0. The minimum Gasteiger partial charge on any atom is -0.465 e. The summed E-state index contributed by atoms with van der Waals surface area (Å²) in [6.45, 7) is 2.65. The Morgan fingerprint density at radius 3 is 2.91 bits per heavy atom. The van der Waals surface area contributed by atoms with Crippen molar-refractivity contribution < 1.29 is 9.53 Å².